The lowest BCUT2D eigenvalue weighted by molar-refractivity contribution is -0.246. The van der Waals surface area contributed by atoms with E-state index in [2.05, 4.69) is 5.32 Å². The zero-order valence-electron chi connectivity index (χ0n) is 15.8. The van der Waals surface area contributed by atoms with Crippen LogP contribution in [0.3, 0.4) is 0 Å². The number of amides is 2. The van der Waals surface area contributed by atoms with E-state index < -0.39 is 23.1 Å². The predicted molar refractivity (Wildman–Crippen MR) is 95.8 cm³/mol. The zero-order valence-corrected chi connectivity index (χ0v) is 15.8. The molecule has 1 aliphatic rings. The van der Waals surface area contributed by atoms with E-state index in [4.69, 9.17) is 5.73 Å². The Morgan fingerprint density at radius 2 is 1.80 bits per heavy atom. The maximum atomic E-state index is 12.1. The van der Waals surface area contributed by atoms with Crippen molar-refractivity contribution < 1.29 is 19.9 Å². The van der Waals surface area contributed by atoms with Crippen LogP contribution in [0.5, 0.6) is 0 Å². The smallest absolute Gasteiger partial charge is 0.241 e. The van der Waals surface area contributed by atoms with Crippen molar-refractivity contribution >= 4 is 11.8 Å². The summed E-state index contributed by atoms with van der Waals surface area (Å²) in [6.45, 7) is 7.87. The first kappa shape index (κ1) is 21.6. The SMILES string of the molecule is CC1(C)CC(NC(=O)CCCCC(O)/C=C/C(N)=O)CC(C)(C)N1O. The fourth-order valence-corrected chi connectivity index (χ4v) is 3.61. The molecule has 0 spiro atoms. The highest BCUT2D eigenvalue weighted by Gasteiger charge is 2.45. The first-order valence-corrected chi connectivity index (χ1v) is 8.88. The standard InChI is InChI=1S/C18H33N3O4/c1-17(2)11-13(12-18(3,4)21(17)25)20-16(24)8-6-5-7-14(22)9-10-15(19)23/h9-10,13-14,22,25H,5-8,11-12H2,1-4H3,(H2,19,23)(H,20,24)/b10-9+. The maximum absolute atomic E-state index is 12.1. The van der Waals surface area contributed by atoms with Crippen LogP contribution in [0.4, 0.5) is 0 Å². The first-order valence-electron chi connectivity index (χ1n) is 8.88. The Morgan fingerprint density at radius 1 is 1.24 bits per heavy atom. The van der Waals surface area contributed by atoms with E-state index in [-0.39, 0.29) is 11.9 Å². The van der Waals surface area contributed by atoms with Gasteiger partial charge in [-0.2, -0.15) is 5.06 Å². The summed E-state index contributed by atoms with van der Waals surface area (Å²) in [7, 11) is 0. The molecule has 1 heterocycles. The summed E-state index contributed by atoms with van der Waals surface area (Å²) in [4.78, 5) is 22.7. The molecule has 7 nitrogen and oxygen atoms in total. The molecule has 144 valence electrons. The Labute approximate surface area is 150 Å². The van der Waals surface area contributed by atoms with Gasteiger partial charge in [-0.15, -0.1) is 0 Å². The van der Waals surface area contributed by atoms with Crippen LogP contribution in [0.1, 0.15) is 66.2 Å². The third-order valence-corrected chi connectivity index (χ3v) is 4.64. The molecule has 0 aliphatic carbocycles. The summed E-state index contributed by atoms with van der Waals surface area (Å²) in [6.07, 6.45) is 5.41. The summed E-state index contributed by atoms with van der Waals surface area (Å²) >= 11 is 0. The number of nitrogens with zero attached hydrogens (tertiary/aromatic N) is 1. The number of carbonyl (C=O) groups excluding carboxylic acids is 2. The Kier molecular flexibility index (Phi) is 7.59. The molecule has 1 aliphatic heterocycles. The van der Waals surface area contributed by atoms with Crippen LogP contribution in [0.25, 0.3) is 0 Å². The topological polar surface area (TPSA) is 116 Å². The van der Waals surface area contributed by atoms with Gasteiger partial charge in [0.1, 0.15) is 0 Å². The minimum absolute atomic E-state index is 0.00911. The third-order valence-electron chi connectivity index (χ3n) is 4.64. The zero-order chi connectivity index (χ0) is 19.3. The van der Waals surface area contributed by atoms with E-state index in [9.17, 15) is 19.9 Å². The van der Waals surface area contributed by atoms with Gasteiger partial charge in [-0.05, 0) is 53.4 Å². The number of nitrogens with two attached hydrogens (primary N) is 1. The van der Waals surface area contributed by atoms with Gasteiger partial charge < -0.3 is 21.4 Å². The van der Waals surface area contributed by atoms with Crippen molar-refractivity contribution in [2.24, 2.45) is 5.73 Å². The van der Waals surface area contributed by atoms with Crippen molar-refractivity contribution in [1.82, 2.24) is 10.4 Å². The minimum atomic E-state index is -0.717. The average molecular weight is 355 g/mol. The van der Waals surface area contributed by atoms with Gasteiger partial charge in [-0.25, -0.2) is 0 Å². The number of aliphatic hydroxyl groups excluding tert-OH is 1. The quantitative estimate of drug-likeness (QED) is 0.389. The number of nitrogens with one attached hydrogen (secondary N) is 1. The summed E-state index contributed by atoms with van der Waals surface area (Å²) in [5.74, 6) is -0.594. The minimum Gasteiger partial charge on any atom is -0.389 e. The molecule has 1 saturated heterocycles. The number of hydroxylamine groups is 2. The number of hydrogen-bond acceptors (Lipinski definition) is 5. The van der Waals surface area contributed by atoms with E-state index in [0.29, 0.717) is 38.5 Å². The van der Waals surface area contributed by atoms with Gasteiger partial charge in [0.25, 0.3) is 0 Å². The Morgan fingerprint density at radius 3 is 2.32 bits per heavy atom. The molecule has 1 rings (SSSR count). The number of hydrogen-bond donors (Lipinski definition) is 4. The van der Waals surface area contributed by atoms with Crippen molar-refractivity contribution in [2.45, 2.75) is 89.4 Å². The van der Waals surface area contributed by atoms with Crippen molar-refractivity contribution in [3.8, 4) is 0 Å². The van der Waals surface area contributed by atoms with E-state index >= 15 is 0 Å². The van der Waals surface area contributed by atoms with Gasteiger partial charge in [-0.1, -0.05) is 12.5 Å². The summed E-state index contributed by atoms with van der Waals surface area (Å²) in [5.41, 5.74) is 4.18. The molecular formula is C18H33N3O4. The number of unbranched alkanes of at least 4 members (excludes halogenated alkanes) is 1. The van der Waals surface area contributed by atoms with Crippen LogP contribution in [0.2, 0.25) is 0 Å². The largest absolute Gasteiger partial charge is 0.389 e. The monoisotopic (exact) mass is 355 g/mol. The van der Waals surface area contributed by atoms with Crippen LogP contribution in [-0.4, -0.2) is 50.4 Å². The molecule has 25 heavy (non-hydrogen) atoms. The second-order valence-corrected chi connectivity index (χ2v) is 8.18. The number of piperidine rings is 1. The summed E-state index contributed by atoms with van der Waals surface area (Å²) in [5, 5.41) is 24.4. The molecule has 1 fully saturated rings. The third kappa shape index (κ3) is 7.13. The summed E-state index contributed by atoms with van der Waals surface area (Å²) in [6, 6.07) is 0.0324. The van der Waals surface area contributed by atoms with Gasteiger partial charge in [0.2, 0.25) is 11.8 Å². The molecule has 7 heteroatoms. The molecule has 5 N–H and O–H groups in total. The maximum Gasteiger partial charge on any atom is 0.241 e. The normalized spacial score (nSPS) is 22.0. The van der Waals surface area contributed by atoms with Crippen molar-refractivity contribution in [1.29, 1.82) is 0 Å². The van der Waals surface area contributed by atoms with Crippen LogP contribution in [0, 0.1) is 0 Å². The first-order chi connectivity index (χ1) is 11.4. The Balaban J connectivity index is 2.34. The van der Waals surface area contributed by atoms with Crippen LogP contribution in [-0.2, 0) is 9.59 Å². The molecule has 0 aromatic heterocycles. The number of carbonyl (C=O) groups is 2. The summed E-state index contributed by atoms with van der Waals surface area (Å²) < 4.78 is 0. The number of aliphatic hydroxyl groups is 1. The van der Waals surface area contributed by atoms with Crippen molar-refractivity contribution in [2.75, 3.05) is 0 Å². The van der Waals surface area contributed by atoms with E-state index in [1.54, 1.807) is 0 Å². The molecule has 0 aromatic rings. The highest BCUT2D eigenvalue weighted by atomic mass is 16.5. The Hall–Kier alpha value is -1.44. The van der Waals surface area contributed by atoms with Crippen LogP contribution in [0.15, 0.2) is 12.2 Å². The predicted octanol–water partition coefficient (Wildman–Crippen LogP) is 1.48. The molecule has 1 unspecified atom stereocenters. The second-order valence-electron chi connectivity index (χ2n) is 8.18. The highest BCUT2D eigenvalue weighted by Crippen LogP contribution is 2.36. The van der Waals surface area contributed by atoms with E-state index in [1.807, 2.05) is 27.7 Å². The molecule has 1 atom stereocenters. The van der Waals surface area contributed by atoms with E-state index in [0.717, 1.165) is 6.08 Å². The molecule has 0 aromatic carbocycles. The molecule has 0 saturated carbocycles. The van der Waals surface area contributed by atoms with Gasteiger partial charge in [0, 0.05) is 29.6 Å². The van der Waals surface area contributed by atoms with Gasteiger partial charge in [0.05, 0.1) is 6.10 Å². The average Bonchev–Trinajstić information content (AvgIpc) is 2.46. The highest BCUT2D eigenvalue weighted by molar-refractivity contribution is 5.85. The van der Waals surface area contributed by atoms with Gasteiger partial charge in [0.15, 0.2) is 0 Å². The van der Waals surface area contributed by atoms with Crippen LogP contribution >= 0.6 is 0 Å². The number of primary amides is 1. The van der Waals surface area contributed by atoms with E-state index in [1.165, 1.54) is 11.1 Å². The fourth-order valence-electron chi connectivity index (χ4n) is 3.61. The van der Waals surface area contributed by atoms with Gasteiger partial charge in [-0.3, -0.25) is 9.59 Å². The lowest BCUT2D eigenvalue weighted by atomic mass is 9.79. The lowest BCUT2D eigenvalue weighted by Gasteiger charge is -2.51. The fraction of sp³-hybridized carbons (Fsp3) is 0.778. The second kappa shape index (κ2) is 8.78. The van der Waals surface area contributed by atoms with Crippen LogP contribution < -0.4 is 11.1 Å². The number of rotatable bonds is 8. The molecule has 0 radical (unpaired) electrons. The molecule has 0 bridgehead atoms. The molecule has 2 amide bonds. The van der Waals surface area contributed by atoms with Crippen molar-refractivity contribution in [3.63, 3.8) is 0 Å². The van der Waals surface area contributed by atoms with Gasteiger partial charge >= 0.3 is 0 Å². The lowest BCUT2D eigenvalue weighted by Crippen LogP contribution is -2.62. The Bertz CT molecular complexity index is 485. The van der Waals surface area contributed by atoms with Crippen molar-refractivity contribution in [3.05, 3.63) is 12.2 Å². The molecular weight excluding hydrogens is 322 g/mol.